The molecule has 1 aliphatic rings. The van der Waals surface area contributed by atoms with Gasteiger partial charge < -0.3 is 4.90 Å². The van der Waals surface area contributed by atoms with Crippen LogP contribution in [0.2, 0.25) is 0 Å². The van der Waals surface area contributed by atoms with Gasteiger partial charge >= 0.3 is 0 Å². The highest BCUT2D eigenvalue weighted by atomic mass is 32.2. The summed E-state index contributed by atoms with van der Waals surface area (Å²) in [6.07, 6.45) is 2.01. The Labute approximate surface area is 136 Å². The summed E-state index contributed by atoms with van der Waals surface area (Å²) in [7, 11) is 0. The van der Waals surface area contributed by atoms with Gasteiger partial charge in [-0.05, 0) is 35.3 Å². The van der Waals surface area contributed by atoms with Crippen molar-refractivity contribution in [3.63, 3.8) is 0 Å². The third-order valence-electron chi connectivity index (χ3n) is 4.09. The van der Waals surface area contributed by atoms with E-state index in [2.05, 4.69) is 48.5 Å². The summed E-state index contributed by atoms with van der Waals surface area (Å²) in [4.78, 5) is 14.3. The number of fused-ring (bicyclic) bond motifs is 1. The van der Waals surface area contributed by atoms with E-state index >= 15 is 0 Å². The van der Waals surface area contributed by atoms with Crippen LogP contribution in [0, 0.1) is 0 Å². The second kappa shape index (κ2) is 7.50. The van der Waals surface area contributed by atoms with Crippen molar-refractivity contribution in [3.8, 4) is 0 Å². The highest BCUT2D eigenvalue weighted by molar-refractivity contribution is 7.99. The average Bonchev–Trinajstić information content (AvgIpc) is 2.59. The number of aryl methyl sites for hydroxylation is 1. The van der Waals surface area contributed by atoms with E-state index in [0.717, 1.165) is 31.7 Å². The van der Waals surface area contributed by atoms with Gasteiger partial charge in [0.05, 0.1) is 5.75 Å². The van der Waals surface area contributed by atoms with Crippen LogP contribution in [0.4, 0.5) is 0 Å². The maximum absolute atomic E-state index is 12.3. The van der Waals surface area contributed by atoms with Crippen LogP contribution in [0.25, 0.3) is 0 Å². The summed E-state index contributed by atoms with van der Waals surface area (Å²) in [6.45, 7) is 1.63. The second-order valence-electron chi connectivity index (χ2n) is 5.62. The molecule has 0 unspecified atom stereocenters. The van der Waals surface area contributed by atoms with E-state index in [9.17, 15) is 4.79 Å². The van der Waals surface area contributed by atoms with E-state index in [1.807, 2.05) is 11.0 Å². The molecule has 0 spiro atoms. The zero-order valence-electron chi connectivity index (χ0n) is 12.7. The number of benzene rings is 2. The molecule has 0 radical (unpaired) electrons. The monoisotopic (exact) mass is 311 g/mol. The normalized spacial score (nSPS) is 13.7. The molecule has 2 aromatic rings. The summed E-state index contributed by atoms with van der Waals surface area (Å²) >= 11 is 1.74. The molecule has 0 aromatic heterocycles. The minimum absolute atomic E-state index is 0.271. The molecule has 2 nitrogen and oxygen atoms in total. The SMILES string of the molecule is O=C(CSCCc1ccccc1)N1CCc2ccccc2C1. The van der Waals surface area contributed by atoms with Crippen LogP contribution in [-0.4, -0.2) is 28.9 Å². The number of thioether (sulfide) groups is 1. The lowest BCUT2D eigenvalue weighted by atomic mass is 10.00. The standard InChI is InChI=1S/C19H21NOS/c21-19(15-22-13-11-16-6-2-1-3-7-16)20-12-10-17-8-4-5-9-18(17)14-20/h1-9H,10-15H2. The molecule has 1 aliphatic heterocycles. The van der Waals surface area contributed by atoms with Crippen molar-refractivity contribution < 1.29 is 4.79 Å². The van der Waals surface area contributed by atoms with Gasteiger partial charge in [-0.3, -0.25) is 4.79 Å². The quantitative estimate of drug-likeness (QED) is 0.787. The maximum atomic E-state index is 12.3. The Morgan fingerprint density at radius 1 is 1.00 bits per heavy atom. The van der Waals surface area contributed by atoms with Gasteiger partial charge in [0.1, 0.15) is 0 Å². The average molecular weight is 311 g/mol. The zero-order chi connectivity index (χ0) is 15.2. The lowest BCUT2D eigenvalue weighted by Crippen LogP contribution is -2.37. The molecule has 1 heterocycles. The van der Waals surface area contributed by atoms with Crippen molar-refractivity contribution >= 4 is 17.7 Å². The van der Waals surface area contributed by atoms with E-state index in [4.69, 9.17) is 0 Å². The van der Waals surface area contributed by atoms with Crippen LogP contribution >= 0.6 is 11.8 Å². The first-order chi connectivity index (χ1) is 10.8. The van der Waals surface area contributed by atoms with Crippen LogP contribution < -0.4 is 0 Å². The molecule has 0 saturated heterocycles. The minimum atomic E-state index is 0.271. The smallest absolute Gasteiger partial charge is 0.232 e. The molecule has 2 aromatic carbocycles. The molecule has 3 rings (SSSR count). The number of carbonyl (C=O) groups is 1. The van der Waals surface area contributed by atoms with Crippen molar-refractivity contribution in [1.82, 2.24) is 4.90 Å². The van der Waals surface area contributed by atoms with E-state index in [-0.39, 0.29) is 5.91 Å². The molecule has 0 bridgehead atoms. The number of rotatable bonds is 5. The Bertz CT molecular complexity index is 626. The third kappa shape index (κ3) is 3.92. The molecule has 0 fully saturated rings. The largest absolute Gasteiger partial charge is 0.337 e. The molecule has 22 heavy (non-hydrogen) atoms. The molecule has 0 atom stereocenters. The Morgan fingerprint density at radius 2 is 1.73 bits per heavy atom. The predicted molar refractivity (Wildman–Crippen MR) is 93.0 cm³/mol. The second-order valence-corrected chi connectivity index (χ2v) is 6.73. The van der Waals surface area contributed by atoms with Crippen molar-refractivity contribution in [3.05, 3.63) is 71.3 Å². The molecule has 1 amide bonds. The van der Waals surface area contributed by atoms with Crippen LogP contribution in [0.3, 0.4) is 0 Å². The van der Waals surface area contributed by atoms with Crippen molar-refractivity contribution in [1.29, 1.82) is 0 Å². The van der Waals surface area contributed by atoms with E-state index < -0.39 is 0 Å². The fraction of sp³-hybridized carbons (Fsp3) is 0.316. The lowest BCUT2D eigenvalue weighted by molar-refractivity contribution is -0.129. The van der Waals surface area contributed by atoms with Crippen molar-refractivity contribution in [2.24, 2.45) is 0 Å². The molecule has 0 aliphatic carbocycles. The van der Waals surface area contributed by atoms with E-state index in [1.165, 1.54) is 16.7 Å². The van der Waals surface area contributed by atoms with Crippen molar-refractivity contribution in [2.45, 2.75) is 19.4 Å². The van der Waals surface area contributed by atoms with Gasteiger partial charge in [0.25, 0.3) is 0 Å². The lowest BCUT2D eigenvalue weighted by Gasteiger charge is -2.28. The first-order valence-corrected chi connectivity index (χ1v) is 8.94. The number of nitrogens with zero attached hydrogens (tertiary/aromatic N) is 1. The van der Waals surface area contributed by atoms with E-state index in [0.29, 0.717) is 5.75 Å². The summed E-state index contributed by atoms with van der Waals surface area (Å²) in [5.41, 5.74) is 4.04. The fourth-order valence-corrected chi connectivity index (χ4v) is 3.68. The highest BCUT2D eigenvalue weighted by Crippen LogP contribution is 2.19. The van der Waals surface area contributed by atoms with Crippen LogP contribution in [-0.2, 0) is 24.2 Å². The van der Waals surface area contributed by atoms with Gasteiger partial charge in [0, 0.05) is 13.1 Å². The van der Waals surface area contributed by atoms with Gasteiger partial charge in [-0.15, -0.1) is 0 Å². The van der Waals surface area contributed by atoms with E-state index in [1.54, 1.807) is 11.8 Å². The first-order valence-electron chi connectivity index (χ1n) is 7.79. The van der Waals surface area contributed by atoms with Crippen LogP contribution in [0.5, 0.6) is 0 Å². The molecular weight excluding hydrogens is 290 g/mol. The Morgan fingerprint density at radius 3 is 2.55 bits per heavy atom. The number of amides is 1. The summed E-state index contributed by atoms with van der Waals surface area (Å²) in [5, 5.41) is 0. The number of hydrogen-bond acceptors (Lipinski definition) is 2. The fourth-order valence-electron chi connectivity index (χ4n) is 2.79. The molecular formula is C19H21NOS. The number of carbonyl (C=O) groups excluding carboxylic acids is 1. The van der Waals surface area contributed by atoms with Crippen molar-refractivity contribution in [2.75, 3.05) is 18.1 Å². The van der Waals surface area contributed by atoms with Gasteiger partial charge in [0.2, 0.25) is 5.91 Å². The van der Waals surface area contributed by atoms with Crippen LogP contribution in [0.1, 0.15) is 16.7 Å². The molecule has 0 saturated carbocycles. The Kier molecular flexibility index (Phi) is 5.17. The summed E-state index contributed by atoms with van der Waals surface area (Å²) in [6, 6.07) is 18.9. The third-order valence-corrected chi connectivity index (χ3v) is 5.03. The van der Waals surface area contributed by atoms with Gasteiger partial charge in [-0.2, -0.15) is 11.8 Å². The highest BCUT2D eigenvalue weighted by Gasteiger charge is 2.19. The van der Waals surface area contributed by atoms with Gasteiger partial charge in [-0.1, -0.05) is 54.6 Å². The summed E-state index contributed by atoms with van der Waals surface area (Å²) in [5.74, 6) is 1.86. The minimum Gasteiger partial charge on any atom is -0.337 e. The van der Waals surface area contributed by atoms with Crippen LogP contribution in [0.15, 0.2) is 54.6 Å². The Balaban J connectivity index is 1.43. The van der Waals surface area contributed by atoms with Gasteiger partial charge in [0.15, 0.2) is 0 Å². The maximum Gasteiger partial charge on any atom is 0.232 e. The molecule has 114 valence electrons. The predicted octanol–water partition coefficient (Wildman–Crippen LogP) is 3.55. The topological polar surface area (TPSA) is 20.3 Å². The molecule has 3 heteroatoms. The first kappa shape index (κ1) is 15.2. The molecule has 0 N–H and O–H groups in total. The Hall–Kier alpha value is -1.74. The summed E-state index contributed by atoms with van der Waals surface area (Å²) < 4.78 is 0. The number of hydrogen-bond donors (Lipinski definition) is 0. The van der Waals surface area contributed by atoms with Gasteiger partial charge in [-0.25, -0.2) is 0 Å². The zero-order valence-corrected chi connectivity index (χ0v) is 13.5.